The van der Waals surface area contributed by atoms with E-state index in [0.29, 0.717) is 5.92 Å². The second-order valence-electron chi connectivity index (χ2n) is 2.09. The third kappa shape index (κ3) is 1.65. The molecule has 2 nitrogen and oxygen atoms in total. The van der Waals surface area contributed by atoms with Crippen LogP contribution >= 0.6 is 11.8 Å². The fourth-order valence-electron chi connectivity index (χ4n) is 0.873. The molecule has 0 bridgehead atoms. The van der Waals surface area contributed by atoms with Crippen LogP contribution in [0.1, 0.15) is 6.42 Å². The summed E-state index contributed by atoms with van der Waals surface area (Å²) in [5.74, 6) is 3.20. The molecule has 0 saturated carbocycles. The molecule has 1 aliphatic heterocycles. The summed E-state index contributed by atoms with van der Waals surface area (Å²) in [6, 6.07) is 0. The first-order chi connectivity index (χ1) is 3.93. The van der Waals surface area contributed by atoms with Crippen LogP contribution in [0.15, 0.2) is 0 Å². The summed E-state index contributed by atoms with van der Waals surface area (Å²) < 4.78 is 0. The molecule has 1 atom stereocenters. The molecule has 0 aliphatic carbocycles. The van der Waals surface area contributed by atoms with E-state index in [1.165, 1.54) is 17.9 Å². The summed E-state index contributed by atoms with van der Waals surface area (Å²) in [6.07, 6.45) is 1.26. The van der Waals surface area contributed by atoms with Gasteiger partial charge in [-0.1, -0.05) is 0 Å². The van der Waals surface area contributed by atoms with Crippen LogP contribution in [0.25, 0.3) is 0 Å². The number of hydroxylamine groups is 1. The number of thioether (sulfide) groups is 1. The van der Waals surface area contributed by atoms with E-state index < -0.39 is 0 Å². The minimum atomic E-state index is 0.713. The first-order valence-electron chi connectivity index (χ1n) is 2.88. The summed E-state index contributed by atoms with van der Waals surface area (Å²) in [5.41, 5.74) is 2.20. The van der Waals surface area contributed by atoms with Crippen molar-refractivity contribution in [2.45, 2.75) is 6.42 Å². The summed E-state index contributed by atoms with van der Waals surface area (Å²) >= 11 is 1.97. The van der Waals surface area contributed by atoms with Crippen molar-refractivity contribution in [2.75, 3.05) is 18.1 Å². The molecule has 1 rings (SSSR count). The van der Waals surface area contributed by atoms with Gasteiger partial charge in [0.1, 0.15) is 0 Å². The highest BCUT2D eigenvalue weighted by molar-refractivity contribution is 7.99. The highest BCUT2D eigenvalue weighted by Gasteiger charge is 2.13. The van der Waals surface area contributed by atoms with Gasteiger partial charge in [0, 0.05) is 6.54 Å². The standard InChI is InChI=1S/C5H11NOS/c7-6-3-5-1-2-8-4-5/h5-7H,1-4H2. The summed E-state index contributed by atoms with van der Waals surface area (Å²) in [4.78, 5) is 0. The average molecular weight is 133 g/mol. The van der Waals surface area contributed by atoms with Crippen LogP contribution in [0.2, 0.25) is 0 Å². The molecule has 2 N–H and O–H groups in total. The zero-order chi connectivity index (χ0) is 5.82. The molecule has 48 valence electrons. The predicted molar refractivity (Wildman–Crippen MR) is 35.2 cm³/mol. The van der Waals surface area contributed by atoms with Crippen molar-refractivity contribution in [2.24, 2.45) is 5.92 Å². The molecule has 3 heteroatoms. The quantitative estimate of drug-likeness (QED) is 0.544. The van der Waals surface area contributed by atoms with Crippen molar-refractivity contribution in [3.63, 3.8) is 0 Å². The fourth-order valence-corrected chi connectivity index (χ4v) is 2.16. The smallest absolute Gasteiger partial charge is 0.0243 e. The first-order valence-corrected chi connectivity index (χ1v) is 4.03. The maximum Gasteiger partial charge on any atom is 0.0243 e. The van der Waals surface area contributed by atoms with Gasteiger partial charge in [0.2, 0.25) is 0 Å². The molecule has 1 saturated heterocycles. The number of nitrogens with one attached hydrogen (secondary N) is 1. The van der Waals surface area contributed by atoms with E-state index in [1.807, 2.05) is 11.8 Å². The topological polar surface area (TPSA) is 32.3 Å². The monoisotopic (exact) mass is 133 g/mol. The molecule has 1 aliphatic rings. The van der Waals surface area contributed by atoms with Gasteiger partial charge in [-0.25, -0.2) is 5.48 Å². The Balaban J connectivity index is 2.06. The van der Waals surface area contributed by atoms with Crippen LogP contribution in [-0.4, -0.2) is 23.3 Å². The summed E-state index contributed by atoms with van der Waals surface area (Å²) in [6.45, 7) is 0.771. The zero-order valence-electron chi connectivity index (χ0n) is 4.76. The van der Waals surface area contributed by atoms with E-state index in [4.69, 9.17) is 5.21 Å². The Bertz CT molecular complexity index is 63.4. The predicted octanol–water partition coefficient (Wildman–Crippen LogP) is 0.718. The molecule has 0 radical (unpaired) electrons. The molecule has 0 spiro atoms. The Morgan fingerprint density at radius 2 is 2.62 bits per heavy atom. The highest BCUT2D eigenvalue weighted by atomic mass is 32.2. The lowest BCUT2D eigenvalue weighted by atomic mass is 10.1. The maximum absolute atomic E-state index is 8.27. The van der Waals surface area contributed by atoms with Gasteiger partial charge in [0.15, 0.2) is 0 Å². The largest absolute Gasteiger partial charge is 0.317 e. The third-order valence-electron chi connectivity index (χ3n) is 1.40. The number of rotatable bonds is 2. The summed E-state index contributed by atoms with van der Waals surface area (Å²) in [7, 11) is 0. The molecule has 0 aromatic heterocycles. The summed E-state index contributed by atoms with van der Waals surface area (Å²) in [5, 5.41) is 8.27. The molecule has 0 aromatic carbocycles. The third-order valence-corrected chi connectivity index (χ3v) is 2.64. The van der Waals surface area contributed by atoms with E-state index in [9.17, 15) is 0 Å². The molecular weight excluding hydrogens is 122 g/mol. The van der Waals surface area contributed by atoms with Gasteiger partial charge in [-0.2, -0.15) is 11.8 Å². The average Bonchev–Trinajstić information content (AvgIpc) is 2.19. The van der Waals surface area contributed by atoms with Crippen molar-refractivity contribution >= 4 is 11.8 Å². The molecule has 0 amide bonds. The van der Waals surface area contributed by atoms with E-state index >= 15 is 0 Å². The molecule has 1 unspecified atom stereocenters. The SMILES string of the molecule is ONCC1CCSC1. The minimum absolute atomic E-state index is 0.713. The van der Waals surface area contributed by atoms with Crippen molar-refractivity contribution in [3.8, 4) is 0 Å². The van der Waals surface area contributed by atoms with Gasteiger partial charge >= 0.3 is 0 Å². The zero-order valence-corrected chi connectivity index (χ0v) is 5.58. The van der Waals surface area contributed by atoms with Crippen LogP contribution in [0, 0.1) is 5.92 Å². The molecule has 8 heavy (non-hydrogen) atoms. The minimum Gasteiger partial charge on any atom is -0.317 e. The normalized spacial score (nSPS) is 28.9. The number of hydrogen-bond donors (Lipinski definition) is 2. The Labute approximate surface area is 53.6 Å². The van der Waals surface area contributed by atoms with Crippen molar-refractivity contribution in [3.05, 3.63) is 0 Å². The van der Waals surface area contributed by atoms with E-state index in [1.54, 1.807) is 0 Å². The Kier molecular flexibility index (Phi) is 2.66. The van der Waals surface area contributed by atoms with Crippen LogP contribution in [0.5, 0.6) is 0 Å². The van der Waals surface area contributed by atoms with Gasteiger partial charge in [0.25, 0.3) is 0 Å². The van der Waals surface area contributed by atoms with Crippen molar-refractivity contribution < 1.29 is 5.21 Å². The van der Waals surface area contributed by atoms with Gasteiger partial charge in [0.05, 0.1) is 0 Å². The lowest BCUT2D eigenvalue weighted by Crippen LogP contribution is -2.18. The van der Waals surface area contributed by atoms with E-state index in [-0.39, 0.29) is 0 Å². The lowest BCUT2D eigenvalue weighted by molar-refractivity contribution is 0.152. The second kappa shape index (κ2) is 3.33. The van der Waals surface area contributed by atoms with Crippen molar-refractivity contribution in [1.29, 1.82) is 0 Å². The maximum atomic E-state index is 8.27. The Hall–Kier alpha value is 0.270. The highest BCUT2D eigenvalue weighted by Crippen LogP contribution is 2.22. The first kappa shape index (κ1) is 6.39. The van der Waals surface area contributed by atoms with Crippen LogP contribution in [0.3, 0.4) is 0 Å². The molecule has 0 aromatic rings. The van der Waals surface area contributed by atoms with E-state index in [2.05, 4.69) is 5.48 Å². The molecular formula is C5H11NOS. The van der Waals surface area contributed by atoms with Gasteiger partial charge in [-0.05, 0) is 23.8 Å². The van der Waals surface area contributed by atoms with Gasteiger partial charge in [-0.15, -0.1) is 0 Å². The number of hydrogen-bond acceptors (Lipinski definition) is 3. The van der Waals surface area contributed by atoms with E-state index in [0.717, 1.165) is 6.54 Å². The lowest BCUT2D eigenvalue weighted by Gasteiger charge is -2.02. The Morgan fingerprint density at radius 1 is 1.75 bits per heavy atom. The second-order valence-corrected chi connectivity index (χ2v) is 3.24. The van der Waals surface area contributed by atoms with Crippen LogP contribution in [-0.2, 0) is 0 Å². The molecule has 1 heterocycles. The van der Waals surface area contributed by atoms with Gasteiger partial charge in [-0.3, -0.25) is 0 Å². The van der Waals surface area contributed by atoms with Crippen molar-refractivity contribution in [1.82, 2.24) is 5.48 Å². The Morgan fingerprint density at radius 3 is 3.12 bits per heavy atom. The van der Waals surface area contributed by atoms with Gasteiger partial charge < -0.3 is 5.21 Å². The van der Waals surface area contributed by atoms with Crippen LogP contribution < -0.4 is 5.48 Å². The fraction of sp³-hybridized carbons (Fsp3) is 1.00. The van der Waals surface area contributed by atoms with Crippen LogP contribution in [0.4, 0.5) is 0 Å². The molecule has 1 fully saturated rings.